The Labute approximate surface area is 111 Å². The van der Waals surface area contributed by atoms with Crippen LogP contribution in [0.5, 0.6) is 0 Å². The van der Waals surface area contributed by atoms with Crippen LogP contribution in [0.3, 0.4) is 0 Å². The highest BCUT2D eigenvalue weighted by molar-refractivity contribution is 5.86. The molecule has 1 saturated heterocycles. The van der Waals surface area contributed by atoms with Gasteiger partial charge < -0.3 is 10.6 Å². The van der Waals surface area contributed by atoms with Crippen LogP contribution in [0.4, 0.5) is 0 Å². The number of hydrogen-bond acceptors (Lipinski definition) is 3. The molecule has 0 aromatic carbocycles. The summed E-state index contributed by atoms with van der Waals surface area (Å²) in [7, 11) is 1.87. The van der Waals surface area contributed by atoms with Gasteiger partial charge in [0.05, 0.1) is 5.54 Å². The van der Waals surface area contributed by atoms with Crippen LogP contribution in [-0.4, -0.2) is 53.5 Å². The molecule has 0 aromatic heterocycles. The lowest BCUT2D eigenvalue weighted by molar-refractivity contribution is -0.152. The van der Waals surface area contributed by atoms with Gasteiger partial charge in [0.1, 0.15) is 0 Å². The van der Waals surface area contributed by atoms with Gasteiger partial charge in [0.15, 0.2) is 0 Å². The fraction of sp³-hybridized carbons (Fsp3) is 0.929. The summed E-state index contributed by atoms with van der Waals surface area (Å²) in [6, 6.07) is 0.241. The zero-order valence-electron chi connectivity index (χ0n) is 12.9. The maximum atomic E-state index is 12.4. The summed E-state index contributed by atoms with van der Waals surface area (Å²) < 4.78 is 0. The Hall–Kier alpha value is -0.610. The van der Waals surface area contributed by atoms with E-state index in [1.807, 2.05) is 32.7 Å². The second kappa shape index (κ2) is 4.82. The number of hydrogen-bond donors (Lipinski definition) is 1. The first-order valence-corrected chi connectivity index (χ1v) is 6.77. The van der Waals surface area contributed by atoms with Crippen molar-refractivity contribution in [2.75, 3.05) is 20.1 Å². The molecule has 1 heterocycles. The molecule has 0 aliphatic carbocycles. The zero-order valence-corrected chi connectivity index (χ0v) is 12.9. The highest BCUT2D eigenvalue weighted by Gasteiger charge is 2.47. The topological polar surface area (TPSA) is 49.6 Å². The maximum Gasteiger partial charge on any atom is 0.242 e. The van der Waals surface area contributed by atoms with Crippen LogP contribution in [0.25, 0.3) is 0 Å². The summed E-state index contributed by atoms with van der Waals surface area (Å²) in [5.41, 5.74) is 5.77. The summed E-state index contributed by atoms with van der Waals surface area (Å²) in [4.78, 5) is 16.5. The van der Waals surface area contributed by atoms with Crippen LogP contribution < -0.4 is 5.73 Å². The minimum atomic E-state index is -0.474. The third kappa shape index (κ3) is 2.69. The number of carbonyl (C=O) groups is 1. The van der Waals surface area contributed by atoms with Gasteiger partial charge in [-0.1, -0.05) is 20.8 Å². The molecule has 106 valence electrons. The molecule has 4 heteroatoms. The zero-order chi connectivity index (χ0) is 14.3. The molecular formula is C14H29N3O. The van der Waals surface area contributed by atoms with E-state index in [4.69, 9.17) is 5.73 Å². The first-order valence-electron chi connectivity index (χ1n) is 6.77. The van der Waals surface area contributed by atoms with Crippen molar-refractivity contribution in [1.82, 2.24) is 9.80 Å². The van der Waals surface area contributed by atoms with Gasteiger partial charge in [-0.3, -0.25) is 9.69 Å². The van der Waals surface area contributed by atoms with Gasteiger partial charge in [-0.2, -0.15) is 0 Å². The van der Waals surface area contributed by atoms with Crippen LogP contribution in [0, 0.1) is 5.41 Å². The van der Waals surface area contributed by atoms with Crippen LogP contribution >= 0.6 is 0 Å². The monoisotopic (exact) mass is 255 g/mol. The molecule has 0 aromatic rings. The lowest BCUT2D eigenvalue weighted by atomic mass is 9.78. The Kier molecular flexibility index (Phi) is 4.13. The highest BCUT2D eigenvalue weighted by Crippen LogP contribution is 2.33. The summed E-state index contributed by atoms with van der Waals surface area (Å²) in [5, 5.41) is 0. The molecule has 2 atom stereocenters. The molecule has 1 amide bonds. The van der Waals surface area contributed by atoms with E-state index in [2.05, 4.69) is 25.7 Å². The van der Waals surface area contributed by atoms with Crippen molar-refractivity contribution >= 4 is 5.91 Å². The third-order valence-corrected chi connectivity index (χ3v) is 3.99. The van der Waals surface area contributed by atoms with E-state index in [1.165, 1.54) is 0 Å². The Balaban J connectivity index is 3.10. The van der Waals surface area contributed by atoms with E-state index in [0.717, 1.165) is 13.1 Å². The molecule has 0 spiro atoms. The quantitative estimate of drug-likeness (QED) is 0.809. The normalized spacial score (nSPS) is 25.1. The number of piperazine rings is 1. The fourth-order valence-electron chi connectivity index (χ4n) is 3.26. The summed E-state index contributed by atoms with van der Waals surface area (Å²) in [5.74, 6) is 0.184. The van der Waals surface area contributed by atoms with Gasteiger partial charge in [0, 0.05) is 32.2 Å². The average molecular weight is 255 g/mol. The smallest absolute Gasteiger partial charge is 0.242 e. The van der Waals surface area contributed by atoms with E-state index in [9.17, 15) is 4.79 Å². The first-order chi connectivity index (χ1) is 7.99. The Morgan fingerprint density at radius 3 is 2.17 bits per heavy atom. The van der Waals surface area contributed by atoms with Gasteiger partial charge in [-0.05, 0) is 26.2 Å². The van der Waals surface area contributed by atoms with Crippen molar-refractivity contribution < 1.29 is 4.79 Å². The molecule has 1 fully saturated rings. The first kappa shape index (κ1) is 15.4. The number of nitrogens with two attached hydrogens (primary N) is 1. The van der Waals surface area contributed by atoms with Gasteiger partial charge in [-0.15, -0.1) is 0 Å². The molecule has 4 nitrogen and oxygen atoms in total. The lowest BCUT2D eigenvalue weighted by Gasteiger charge is -2.53. The number of amides is 1. The van der Waals surface area contributed by atoms with Crippen LogP contribution in [0.1, 0.15) is 41.5 Å². The van der Waals surface area contributed by atoms with E-state index >= 15 is 0 Å². The second-order valence-corrected chi connectivity index (χ2v) is 7.15. The Bertz CT molecular complexity index is 317. The van der Waals surface area contributed by atoms with Crippen molar-refractivity contribution in [2.24, 2.45) is 11.1 Å². The molecule has 0 radical (unpaired) electrons. The molecule has 2 unspecified atom stereocenters. The van der Waals surface area contributed by atoms with Crippen LogP contribution in [0.2, 0.25) is 0 Å². The lowest BCUT2D eigenvalue weighted by Crippen LogP contribution is -2.69. The second-order valence-electron chi connectivity index (χ2n) is 7.15. The standard InChI is InChI=1S/C14H29N3O/c1-10(15)11(13(2,3)4)17-9-8-16(7)12(18)14(17,5)6/h10-11H,8-9,15H2,1-7H3. The summed E-state index contributed by atoms with van der Waals surface area (Å²) >= 11 is 0. The number of carbonyl (C=O) groups excluding carboxylic acids is 1. The van der Waals surface area contributed by atoms with Crippen LogP contribution in [0.15, 0.2) is 0 Å². The van der Waals surface area contributed by atoms with Crippen molar-refractivity contribution in [3.63, 3.8) is 0 Å². The van der Waals surface area contributed by atoms with Crippen molar-refractivity contribution in [1.29, 1.82) is 0 Å². The minimum absolute atomic E-state index is 0.0421. The maximum absolute atomic E-state index is 12.4. The average Bonchev–Trinajstić information content (AvgIpc) is 2.17. The fourth-order valence-corrected chi connectivity index (χ4v) is 3.26. The molecule has 18 heavy (non-hydrogen) atoms. The van der Waals surface area contributed by atoms with E-state index in [0.29, 0.717) is 0 Å². The Morgan fingerprint density at radius 2 is 1.78 bits per heavy atom. The van der Waals surface area contributed by atoms with Gasteiger partial charge in [0.25, 0.3) is 0 Å². The van der Waals surface area contributed by atoms with Crippen molar-refractivity contribution in [3.8, 4) is 0 Å². The third-order valence-electron chi connectivity index (χ3n) is 3.99. The SMILES string of the molecule is CC(N)C(N1CCN(C)C(=O)C1(C)C)C(C)(C)C. The Morgan fingerprint density at radius 1 is 1.28 bits per heavy atom. The van der Waals surface area contributed by atoms with E-state index in [1.54, 1.807) is 0 Å². The molecule has 1 aliphatic rings. The predicted molar refractivity (Wildman–Crippen MR) is 75.3 cm³/mol. The number of rotatable bonds is 2. The highest BCUT2D eigenvalue weighted by atomic mass is 16.2. The van der Waals surface area contributed by atoms with E-state index < -0.39 is 5.54 Å². The van der Waals surface area contributed by atoms with Crippen molar-refractivity contribution in [3.05, 3.63) is 0 Å². The summed E-state index contributed by atoms with van der Waals surface area (Å²) in [6.45, 7) is 14.3. The van der Waals surface area contributed by atoms with Crippen LogP contribution in [-0.2, 0) is 4.79 Å². The largest absolute Gasteiger partial charge is 0.343 e. The van der Waals surface area contributed by atoms with Gasteiger partial charge >= 0.3 is 0 Å². The van der Waals surface area contributed by atoms with Gasteiger partial charge in [0.2, 0.25) is 5.91 Å². The molecule has 0 saturated carbocycles. The molecule has 0 bridgehead atoms. The predicted octanol–water partition coefficient (Wildman–Crippen LogP) is 1.30. The van der Waals surface area contributed by atoms with E-state index in [-0.39, 0.29) is 23.4 Å². The molecule has 1 aliphatic heterocycles. The molecule has 1 rings (SSSR count). The molecule has 2 N–H and O–H groups in total. The summed E-state index contributed by atoms with van der Waals surface area (Å²) in [6.07, 6.45) is 0. The van der Waals surface area contributed by atoms with Gasteiger partial charge in [-0.25, -0.2) is 0 Å². The molecular weight excluding hydrogens is 226 g/mol. The minimum Gasteiger partial charge on any atom is -0.343 e. The number of nitrogens with zero attached hydrogens (tertiary/aromatic N) is 2. The van der Waals surface area contributed by atoms with Crippen molar-refractivity contribution in [2.45, 2.75) is 59.2 Å². The number of likely N-dealkylation sites (N-methyl/N-ethyl adjacent to an activating group) is 1.